The summed E-state index contributed by atoms with van der Waals surface area (Å²) in [6.07, 6.45) is -4.56. The van der Waals surface area contributed by atoms with E-state index >= 15 is 0 Å². The van der Waals surface area contributed by atoms with Crippen LogP contribution in [0.4, 0.5) is 18.9 Å². The molecule has 2 aromatic carbocycles. The third kappa shape index (κ3) is 4.14. The molecule has 0 radical (unpaired) electrons. The Labute approximate surface area is 151 Å². The Bertz CT molecular complexity index is 737. The Morgan fingerprint density at radius 3 is 2.50 bits per heavy atom. The second-order valence-electron chi connectivity index (χ2n) is 4.27. The Morgan fingerprint density at radius 2 is 1.86 bits per heavy atom. The molecule has 0 unspecified atom stereocenters. The monoisotopic (exact) mass is 503 g/mol. The maximum Gasteiger partial charge on any atom is 0.418 e. The summed E-state index contributed by atoms with van der Waals surface area (Å²) in [5.41, 5.74) is -1.13. The molecule has 1 amide bonds. The van der Waals surface area contributed by atoms with Crippen LogP contribution in [0, 0.1) is 3.57 Å². The maximum atomic E-state index is 13.0. The number of nitrogens with one attached hydrogen (secondary N) is 1. The molecular formula is C14H7BrClF3INO. The van der Waals surface area contributed by atoms with Crippen molar-refractivity contribution < 1.29 is 18.0 Å². The SMILES string of the molecule is O=C(Nc1ccc(I)cc1C(F)(F)F)c1cc(Br)ccc1Cl. The van der Waals surface area contributed by atoms with Crippen LogP contribution in [0.15, 0.2) is 40.9 Å². The molecule has 0 heterocycles. The summed E-state index contributed by atoms with van der Waals surface area (Å²) in [6, 6.07) is 8.23. The smallest absolute Gasteiger partial charge is 0.321 e. The first-order chi connectivity index (χ1) is 10.2. The minimum absolute atomic E-state index is 0.0858. The number of rotatable bonds is 2. The molecule has 1 N–H and O–H groups in total. The van der Waals surface area contributed by atoms with Crippen molar-refractivity contribution in [3.05, 3.63) is 60.6 Å². The molecule has 0 bridgehead atoms. The van der Waals surface area contributed by atoms with Crippen molar-refractivity contribution in [2.75, 3.05) is 5.32 Å². The lowest BCUT2D eigenvalue weighted by Crippen LogP contribution is -2.17. The molecule has 2 rings (SSSR count). The van der Waals surface area contributed by atoms with Gasteiger partial charge in [0, 0.05) is 8.04 Å². The Morgan fingerprint density at radius 1 is 1.18 bits per heavy atom. The first-order valence-electron chi connectivity index (χ1n) is 5.81. The zero-order valence-electron chi connectivity index (χ0n) is 10.6. The van der Waals surface area contributed by atoms with Crippen molar-refractivity contribution in [1.82, 2.24) is 0 Å². The third-order valence-electron chi connectivity index (χ3n) is 2.71. The second-order valence-corrected chi connectivity index (χ2v) is 6.83. The van der Waals surface area contributed by atoms with Gasteiger partial charge < -0.3 is 5.32 Å². The Hall–Kier alpha value is -0.800. The van der Waals surface area contributed by atoms with Crippen LogP contribution in [0.2, 0.25) is 5.02 Å². The first-order valence-corrected chi connectivity index (χ1v) is 8.06. The van der Waals surface area contributed by atoms with Gasteiger partial charge in [-0.3, -0.25) is 4.79 Å². The fourth-order valence-electron chi connectivity index (χ4n) is 1.72. The molecule has 116 valence electrons. The molecule has 22 heavy (non-hydrogen) atoms. The predicted octanol–water partition coefficient (Wildman–Crippen LogP) is 5.98. The fraction of sp³-hybridized carbons (Fsp3) is 0.0714. The van der Waals surface area contributed by atoms with E-state index in [0.29, 0.717) is 8.04 Å². The Kier molecular flexibility index (Phi) is 5.39. The van der Waals surface area contributed by atoms with Crippen molar-refractivity contribution in [3.63, 3.8) is 0 Å². The largest absolute Gasteiger partial charge is 0.418 e. The molecule has 8 heteroatoms. The van der Waals surface area contributed by atoms with Crippen LogP contribution >= 0.6 is 50.1 Å². The molecule has 0 saturated heterocycles. The molecule has 0 aliphatic rings. The summed E-state index contributed by atoms with van der Waals surface area (Å²) in [7, 11) is 0. The van der Waals surface area contributed by atoms with Crippen molar-refractivity contribution >= 4 is 61.7 Å². The summed E-state index contributed by atoms with van der Waals surface area (Å²) >= 11 is 10.9. The number of hydrogen-bond acceptors (Lipinski definition) is 1. The van der Waals surface area contributed by atoms with Gasteiger partial charge in [-0.05, 0) is 59.0 Å². The lowest BCUT2D eigenvalue weighted by Gasteiger charge is -2.14. The van der Waals surface area contributed by atoms with Crippen molar-refractivity contribution in [1.29, 1.82) is 0 Å². The molecule has 0 atom stereocenters. The first kappa shape index (κ1) is 17.6. The highest BCUT2D eigenvalue weighted by Gasteiger charge is 2.34. The third-order valence-corrected chi connectivity index (χ3v) is 4.20. The second kappa shape index (κ2) is 6.76. The van der Waals surface area contributed by atoms with Crippen LogP contribution in [-0.2, 0) is 6.18 Å². The fourth-order valence-corrected chi connectivity index (χ4v) is 2.78. The van der Waals surface area contributed by atoms with E-state index < -0.39 is 17.6 Å². The molecule has 2 aromatic rings. The van der Waals surface area contributed by atoms with Gasteiger partial charge in [0.15, 0.2) is 0 Å². The maximum absolute atomic E-state index is 13.0. The topological polar surface area (TPSA) is 29.1 Å². The number of benzene rings is 2. The summed E-state index contributed by atoms with van der Waals surface area (Å²) in [5, 5.41) is 2.41. The highest BCUT2D eigenvalue weighted by atomic mass is 127. The van der Waals surface area contributed by atoms with E-state index in [1.807, 2.05) is 0 Å². The molecule has 0 saturated carbocycles. The van der Waals surface area contributed by atoms with E-state index in [1.54, 1.807) is 28.7 Å². The highest BCUT2D eigenvalue weighted by molar-refractivity contribution is 14.1. The van der Waals surface area contributed by atoms with E-state index in [4.69, 9.17) is 11.6 Å². The van der Waals surface area contributed by atoms with Crippen LogP contribution in [0.3, 0.4) is 0 Å². The van der Waals surface area contributed by atoms with Crippen molar-refractivity contribution in [2.45, 2.75) is 6.18 Å². The van der Waals surface area contributed by atoms with Gasteiger partial charge >= 0.3 is 6.18 Å². The average molecular weight is 504 g/mol. The van der Waals surface area contributed by atoms with Gasteiger partial charge in [0.2, 0.25) is 0 Å². The summed E-state index contributed by atoms with van der Waals surface area (Å²) in [4.78, 5) is 12.2. The number of halogens is 6. The molecule has 0 spiro atoms. The van der Waals surface area contributed by atoms with Crippen LogP contribution in [0.5, 0.6) is 0 Å². The predicted molar refractivity (Wildman–Crippen MR) is 91.3 cm³/mol. The van der Waals surface area contributed by atoms with E-state index in [1.165, 1.54) is 24.3 Å². The lowest BCUT2D eigenvalue weighted by atomic mass is 10.1. The van der Waals surface area contributed by atoms with Gasteiger partial charge in [-0.15, -0.1) is 0 Å². The van der Waals surface area contributed by atoms with E-state index in [0.717, 1.165) is 6.07 Å². The lowest BCUT2D eigenvalue weighted by molar-refractivity contribution is -0.137. The number of anilines is 1. The minimum Gasteiger partial charge on any atom is -0.321 e. The highest BCUT2D eigenvalue weighted by Crippen LogP contribution is 2.36. The summed E-state index contributed by atoms with van der Waals surface area (Å²) < 4.78 is 40.1. The number of carbonyl (C=O) groups excluding carboxylic acids is 1. The van der Waals surface area contributed by atoms with Crippen LogP contribution in [-0.4, -0.2) is 5.91 Å². The van der Waals surface area contributed by atoms with Gasteiger partial charge in [0.25, 0.3) is 5.91 Å². The van der Waals surface area contributed by atoms with Gasteiger partial charge in [-0.1, -0.05) is 27.5 Å². The molecule has 2 nitrogen and oxygen atoms in total. The zero-order valence-corrected chi connectivity index (χ0v) is 15.1. The summed E-state index contributed by atoms with van der Waals surface area (Å²) in [5.74, 6) is -0.710. The van der Waals surface area contributed by atoms with Gasteiger partial charge in [0.05, 0.1) is 21.8 Å². The number of hydrogen-bond donors (Lipinski definition) is 1. The van der Waals surface area contributed by atoms with Crippen LogP contribution < -0.4 is 5.32 Å². The van der Waals surface area contributed by atoms with Crippen LogP contribution in [0.25, 0.3) is 0 Å². The van der Waals surface area contributed by atoms with E-state index in [-0.39, 0.29) is 16.3 Å². The minimum atomic E-state index is -4.56. The molecule has 0 fully saturated rings. The number of amides is 1. The molecule has 0 aromatic heterocycles. The average Bonchev–Trinajstić information content (AvgIpc) is 2.42. The van der Waals surface area contributed by atoms with E-state index in [2.05, 4.69) is 21.2 Å². The van der Waals surface area contributed by atoms with Gasteiger partial charge in [-0.2, -0.15) is 13.2 Å². The quantitative estimate of drug-likeness (QED) is 0.501. The standard InChI is InChI=1S/C14H7BrClF3INO/c15-7-1-3-11(16)9(5-7)13(22)21-12-4-2-8(20)6-10(12)14(17,18)19/h1-6H,(H,21,22). The summed E-state index contributed by atoms with van der Waals surface area (Å²) in [6.45, 7) is 0. The molecule has 0 aliphatic heterocycles. The number of carbonyl (C=O) groups is 1. The van der Waals surface area contributed by atoms with Crippen LogP contribution in [0.1, 0.15) is 15.9 Å². The normalized spacial score (nSPS) is 11.4. The van der Waals surface area contributed by atoms with Crippen molar-refractivity contribution in [3.8, 4) is 0 Å². The van der Waals surface area contributed by atoms with Gasteiger partial charge in [-0.25, -0.2) is 0 Å². The number of alkyl halides is 3. The Balaban J connectivity index is 2.39. The van der Waals surface area contributed by atoms with Gasteiger partial charge in [0.1, 0.15) is 0 Å². The molecular weight excluding hydrogens is 497 g/mol. The van der Waals surface area contributed by atoms with E-state index in [9.17, 15) is 18.0 Å². The van der Waals surface area contributed by atoms with Crippen molar-refractivity contribution in [2.24, 2.45) is 0 Å². The zero-order chi connectivity index (χ0) is 16.5. The molecule has 0 aliphatic carbocycles.